The first-order chi connectivity index (χ1) is 8.33. The smallest absolute Gasteiger partial charge is 0.225 e. The number of rotatable bonds is 2. The van der Waals surface area contributed by atoms with Crippen LogP contribution in [0.25, 0.3) is 0 Å². The summed E-state index contributed by atoms with van der Waals surface area (Å²) in [5, 5.41) is 0. The lowest BCUT2D eigenvalue weighted by Gasteiger charge is -2.46. The third kappa shape index (κ3) is 2.23. The van der Waals surface area contributed by atoms with E-state index in [0.717, 1.165) is 39.4 Å². The zero-order chi connectivity index (χ0) is 11.7. The van der Waals surface area contributed by atoms with E-state index in [0.29, 0.717) is 12.0 Å². The van der Waals surface area contributed by atoms with E-state index in [1.165, 1.54) is 12.4 Å². The van der Waals surface area contributed by atoms with Crippen molar-refractivity contribution in [2.45, 2.75) is 6.04 Å². The van der Waals surface area contributed by atoms with Crippen LogP contribution in [0.15, 0.2) is 12.4 Å². The molecule has 2 aliphatic heterocycles. The minimum absolute atomic E-state index is 0.390. The van der Waals surface area contributed by atoms with Gasteiger partial charge in [-0.3, -0.25) is 4.90 Å². The van der Waals surface area contributed by atoms with Gasteiger partial charge >= 0.3 is 0 Å². The first-order valence-electron chi connectivity index (χ1n) is 5.87. The quantitative estimate of drug-likeness (QED) is 0.733. The molecule has 0 atom stereocenters. The standard InChI is InChI=1S/C11H15FN4O/c12-9-5-13-11(14-6-9)16-7-10(8-16)15-1-3-17-4-2-15/h5-6,10H,1-4,7-8H2. The molecule has 0 N–H and O–H groups in total. The molecule has 0 aromatic carbocycles. The number of ether oxygens (including phenoxy) is 1. The molecule has 2 saturated heterocycles. The topological polar surface area (TPSA) is 41.5 Å². The van der Waals surface area contributed by atoms with Crippen molar-refractivity contribution in [2.24, 2.45) is 0 Å². The fourth-order valence-electron chi connectivity index (χ4n) is 2.26. The van der Waals surface area contributed by atoms with Crippen molar-refractivity contribution in [2.75, 3.05) is 44.3 Å². The Kier molecular flexibility index (Phi) is 2.90. The molecule has 3 heterocycles. The van der Waals surface area contributed by atoms with Crippen molar-refractivity contribution in [3.8, 4) is 0 Å². The van der Waals surface area contributed by atoms with E-state index in [1.54, 1.807) is 0 Å². The summed E-state index contributed by atoms with van der Waals surface area (Å²) in [7, 11) is 0. The van der Waals surface area contributed by atoms with Crippen molar-refractivity contribution in [1.29, 1.82) is 0 Å². The molecule has 1 aromatic rings. The van der Waals surface area contributed by atoms with Gasteiger partial charge in [-0.15, -0.1) is 0 Å². The fraction of sp³-hybridized carbons (Fsp3) is 0.636. The summed E-state index contributed by atoms with van der Waals surface area (Å²) in [6.07, 6.45) is 2.43. The molecular weight excluding hydrogens is 223 g/mol. The molecule has 92 valence electrons. The average Bonchev–Trinajstić information content (AvgIpc) is 2.31. The fourth-order valence-corrected chi connectivity index (χ4v) is 2.26. The Morgan fingerprint density at radius 2 is 1.82 bits per heavy atom. The Labute approximate surface area is 99.2 Å². The van der Waals surface area contributed by atoms with Crippen molar-refractivity contribution >= 4 is 5.95 Å². The first kappa shape index (κ1) is 10.9. The van der Waals surface area contributed by atoms with E-state index in [2.05, 4.69) is 19.8 Å². The first-order valence-corrected chi connectivity index (χ1v) is 5.87. The summed E-state index contributed by atoms with van der Waals surface area (Å²) in [5.74, 6) is 0.231. The number of halogens is 1. The predicted molar refractivity (Wildman–Crippen MR) is 60.4 cm³/mol. The monoisotopic (exact) mass is 238 g/mol. The Morgan fingerprint density at radius 3 is 2.47 bits per heavy atom. The largest absolute Gasteiger partial charge is 0.379 e. The predicted octanol–water partition coefficient (Wildman–Crippen LogP) is 0.136. The highest BCUT2D eigenvalue weighted by Gasteiger charge is 2.33. The number of aromatic nitrogens is 2. The molecule has 0 aliphatic carbocycles. The van der Waals surface area contributed by atoms with Crippen LogP contribution in [-0.4, -0.2) is 60.3 Å². The van der Waals surface area contributed by atoms with Crippen LogP contribution in [0.1, 0.15) is 0 Å². The van der Waals surface area contributed by atoms with Gasteiger partial charge in [0.05, 0.1) is 25.6 Å². The number of hydrogen-bond donors (Lipinski definition) is 0. The van der Waals surface area contributed by atoms with Gasteiger partial charge in [-0.25, -0.2) is 14.4 Å². The summed E-state index contributed by atoms with van der Waals surface area (Å²) in [6.45, 7) is 5.50. The molecule has 0 saturated carbocycles. The highest BCUT2D eigenvalue weighted by atomic mass is 19.1. The van der Waals surface area contributed by atoms with Gasteiger partial charge in [0.25, 0.3) is 0 Å². The van der Waals surface area contributed by atoms with Gasteiger partial charge in [0, 0.05) is 32.2 Å². The summed E-state index contributed by atoms with van der Waals surface area (Å²) >= 11 is 0. The van der Waals surface area contributed by atoms with E-state index < -0.39 is 0 Å². The van der Waals surface area contributed by atoms with E-state index in [1.807, 2.05) is 0 Å². The molecule has 3 rings (SSSR count). The van der Waals surface area contributed by atoms with Gasteiger partial charge in [-0.2, -0.15) is 0 Å². The molecule has 0 unspecified atom stereocenters. The van der Waals surface area contributed by atoms with E-state index >= 15 is 0 Å². The van der Waals surface area contributed by atoms with Crippen LogP contribution in [0.3, 0.4) is 0 Å². The maximum absolute atomic E-state index is 12.7. The van der Waals surface area contributed by atoms with Crippen molar-refractivity contribution in [3.63, 3.8) is 0 Å². The van der Waals surface area contributed by atoms with Crippen LogP contribution in [0.2, 0.25) is 0 Å². The van der Waals surface area contributed by atoms with Gasteiger partial charge in [-0.1, -0.05) is 0 Å². The molecule has 0 bridgehead atoms. The van der Waals surface area contributed by atoms with Crippen molar-refractivity contribution in [1.82, 2.24) is 14.9 Å². The molecule has 2 fully saturated rings. The molecule has 0 amide bonds. The molecule has 2 aliphatic rings. The summed E-state index contributed by atoms with van der Waals surface area (Å²) in [6, 6.07) is 0.563. The van der Waals surface area contributed by atoms with Crippen LogP contribution in [0, 0.1) is 5.82 Å². The van der Waals surface area contributed by atoms with Gasteiger partial charge in [0.2, 0.25) is 5.95 Å². The number of morpholine rings is 1. The molecule has 17 heavy (non-hydrogen) atoms. The Hall–Kier alpha value is -1.27. The lowest BCUT2D eigenvalue weighted by atomic mass is 10.1. The second-order valence-electron chi connectivity index (χ2n) is 4.41. The van der Waals surface area contributed by atoms with E-state index in [4.69, 9.17) is 4.74 Å². The highest BCUT2D eigenvalue weighted by Crippen LogP contribution is 2.20. The minimum atomic E-state index is -0.390. The molecule has 6 heteroatoms. The lowest BCUT2D eigenvalue weighted by molar-refractivity contribution is 0.0103. The lowest BCUT2D eigenvalue weighted by Crippen LogP contribution is -2.62. The van der Waals surface area contributed by atoms with Gasteiger partial charge < -0.3 is 9.64 Å². The van der Waals surface area contributed by atoms with Crippen LogP contribution >= 0.6 is 0 Å². The third-order valence-electron chi connectivity index (χ3n) is 3.31. The van der Waals surface area contributed by atoms with Crippen LogP contribution in [0.5, 0.6) is 0 Å². The van der Waals surface area contributed by atoms with Gasteiger partial charge in [0.15, 0.2) is 5.82 Å². The van der Waals surface area contributed by atoms with E-state index in [-0.39, 0.29) is 5.82 Å². The zero-order valence-electron chi connectivity index (χ0n) is 9.55. The van der Waals surface area contributed by atoms with Gasteiger partial charge in [0.1, 0.15) is 0 Å². The molecular formula is C11H15FN4O. The second-order valence-corrected chi connectivity index (χ2v) is 4.41. The summed E-state index contributed by atoms with van der Waals surface area (Å²) < 4.78 is 18.0. The van der Waals surface area contributed by atoms with E-state index in [9.17, 15) is 4.39 Å². The van der Waals surface area contributed by atoms with Crippen molar-refractivity contribution in [3.05, 3.63) is 18.2 Å². The average molecular weight is 238 g/mol. The molecule has 5 nitrogen and oxygen atoms in total. The summed E-state index contributed by atoms with van der Waals surface area (Å²) in [4.78, 5) is 12.5. The maximum atomic E-state index is 12.7. The number of hydrogen-bond acceptors (Lipinski definition) is 5. The molecule has 1 aromatic heterocycles. The normalized spacial score (nSPS) is 22.5. The van der Waals surface area contributed by atoms with Crippen molar-refractivity contribution < 1.29 is 9.13 Å². The van der Waals surface area contributed by atoms with Crippen LogP contribution in [-0.2, 0) is 4.74 Å². The zero-order valence-corrected chi connectivity index (χ0v) is 9.55. The van der Waals surface area contributed by atoms with Crippen LogP contribution in [0.4, 0.5) is 10.3 Å². The number of nitrogens with zero attached hydrogens (tertiary/aromatic N) is 4. The Bertz CT molecular complexity index is 374. The summed E-state index contributed by atoms with van der Waals surface area (Å²) in [5.41, 5.74) is 0. The third-order valence-corrected chi connectivity index (χ3v) is 3.31. The molecule has 0 spiro atoms. The Balaban J connectivity index is 1.55. The molecule has 0 radical (unpaired) electrons. The second kappa shape index (κ2) is 4.54. The minimum Gasteiger partial charge on any atom is -0.379 e. The van der Waals surface area contributed by atoms with Crippen LogP contribution < -0.4 is 4.90 Å². The SMILES string of the molecule is Fc1cnc(N2CC(N3CCOCC3)C2)nc1. The highest BCUT2D eigenvalue weighted by molar-refractivity contribution is 5.34. The Morgan fingerprint density at radius 1 is 1.18 bits per heavy atom. The van der Waals surface area contributed by atoms with Gasteiger partial charge in [-0.05, 0) is 0 Å². The maximum Gasteiger partial charge on any atom is 0.225 e. The number of anilines is 1.